The average molecular weight is 365 g/mol. The molecule has 1 nitrogen and oxygen atoms in total. The average Bonchev–Trinajstić information content (AvgIpc) is 2.37. The minimum atomic E-state index is -0.302. The zero-order chi connectivity index (χ0) is 15.3. The summed E-state index contributed by atoms with van der Waals surface area (Å²) in [7, 11) is 0. The van der Waals surface area contributed by atoms with Crippen molar-refractivity contribution >= 4 is 27.5 Å². The summed E-state index contributed by atoms with van der Waals surface area (Å²) in [6, 6.07) is 3.99. The molecule has 1 aromatic rings. The molecule has 20 heavy (non-hydrogen) atoms. The fraction of sp³-hybridized carbons (Fsp3) is 0.625. The Hall–Kier alpha value is -0.120. The maximum absolute atomic E-state index is 14.1. The van der Waals surface area contributed by atoms with Crippen LogP contribution in [0.25, 0.3) is 0 Å². The molecule has 4 heteroatoms. The quantitative estimate of drug-likeness (QED) is 0.649. The van der Waals surface area contributed by atoms with Crippen molar-refractivity contribution < 1.29 is 4.39 Å². The van der Waals surface area contributed by atoms with E-state index >= 15 is 0 Å². The highest BCUT2D eigenvalue weighted by Gasteiger charge is 2.24. The number of nitrogens with one attached hydrogen (secondary N) is 1. The second kappa shape index (κ2) is 7.77. The predicted molar refractivity (Wildman–Crippen MR) is 89.0 cm³/mol. The van der Waals surface area contributed by atoms with Crippen LogP contribution in [0, 0.1) is 11.2 Å². The van der Waals surface area contributed by atoms with E-state index in [0.717, 1.165) is 19.4 Å². The lowest BCUT2D eigenvalue weighted by atomic mass is 9.83. The fourth-order valence-electron chi connectivity index (χ4n) is 2.22. The van der Waals surface area contributed by atoms with Crippen LogP contribution in [-0.4, -0.2) is 12.6 Å². The van der Waals surface area contributed by atoms with Gasteiger partial charge in [0.2, 0.25) is 0 Å². The summed E-state index contributed by atoms with van der Waals surface area (Å²) in [5.41, 5.74) is 0.843. The maximum Gasteiger partial charge on any atom is 0.146 e. The molecule has 0 saturated carbocycles. The number of aryl methyl sites for hydroxylation is 1. The Morgan fingerprint density at radius 2 is 2.00 bits per heavy atom. The third-order valence-corrected chi connectivity index (χ3v) is 4.76. The van der Waals surface area contributed by atoms with Crippen LogP contribution in [0.2, 0.25) is 5.02 Å². The normalized spacial score (nSPS) is 13.6. The molecular weight excluding hydrogens is 341 g/mol. The summed E-state index contributed by atoms with van der Waals surface area (Å²) in [6.07, 6.45) is 2.70. The molecule has 0 aliphatic carbocycles. The Morgan fingerprint density at radius 1 is 1.35 bits per heavy atom. The van der Waals surface area contributed by atoms with E-state index in [1.165, 1.54) is 0 Å². The van der Waals surface area contributed by atoms with Gasteiger partial charge < -0.3 is 5.32 Å². The second-order valence-corrected chi connectivity index (χ2v) is 7.48. The monoisotopic (exact) mass is 363 g/mol. The molecular formula is C16H24BrClFN. The highest BCUT2D eigenvalue weighted by molar-refractivity contribution is 9.10. The van der Waals surface area contributed by atoms with Crippen LogP contribution in [0.5, 0.6) is 0 Å². The van der Waals surface area contributed by atoms with Gasteiger partial charge in [0.15, 0.2) is 0 Å². The van der Waals surface area contributed by atoms with Crippen LogP contribution in [0.15, 0.2) is 16.6 Å². The zero-order valence-electron chi connectivity index (χ0n) is 12.7. The van der Waals surface area contributed by atoms with E-state index in [-0.39, 0.29) is 16.3 Å². The van der Waals surface area contributed by atoms with E-state index < -0.39 is 0 Å². The molecule has 1 rings (SSSR count). The summed E-state index contributed by atoms with van der Waals surface area (Å²) in [5, 5.41) is 3.74. The van der Waals surface area contributed by atoms with Gasteiger partial charge in [0.25, 0.3) is 0 Å². The molecule has 0 radical (unpaired) electrons. The molecule has 0 aromatic heterocycles. The smallest absolute Gasteiger partial charge is 0.146 e. The highest BCUT2D eigenvalue weighted by atomic mass is 79.9. The second-order valence-electron chi connectivity index (χ2n) is 6.25. The largest absolute Gasteiger partial charge is 0.313 e. The van der Waals surface area contributed by atoms with Gasteiger partial charge >= 0.3 is 0 Å². The first-order valence-corrected chi connectivity index (χ1v) is 8.30. The minimum Gasteiger partial charge on any atom is -0.313 e. The van der Waals surface area contributed by atoms with Crippen molar-refractivity contribution in [2.45, 2.75) is 53.0 Å². The Morgan fingerprint density at radius 3 is 2.55 bits per heavy atom. The Balaban J connectivity index is 2.75. The predicted octanol–water partition coefficient (Wildman–Crippen LogP) is 5.59. The number of hydrogen-bond donors (Lipinski definition) is 1. The number of benzene rings is 1. The minimum absolute atomic E-state index is 0.158. The van der Waals surface area contributed by atoms with Gasteiger partial charge in [-0.05, 0) is 58.8 Å². The molecule has 0 aliphatic rings. The molecule has 114 valence electrons. The fourth-order valence-corrected chi connectivity index (χ4v) is 2.71. The maximum atomic E-state index is 14.1. The summed E-state index contributed by atoms with van der Waals surface area (Å²) < 4.78 is 14.7. The van der Waals surface area contributed by atoms with Crippen molar-refractivity contribution in [3.8, 4) is 0 Å². The third kappa shape index (κ3) is 5.01. The SMILES string of the molecule is CCCNC(CCc1ccc(Br)c(Cl)c1F)C(C)(C)C. The van der Waals surface area contributed by atoms with Crippen LogP contribution in [0.3, 0.4) is 0 Å². The summed E-state index contributed by atoms with van der Waals surface area (Å²) in [6.45, 7) is 9.79. The van der Waals surface area contributed by atoms with Crippen molar-refractivity contribution in [2.75, 3.05) is 6.54 Å². The first-order valence-electron chi connectivity index (χ1n) is 7.13. The molecule has 1 N–H and O–H groups in total. The summed E-state index contributed by atoms with van der Waals surface area (Å²) in [4.78, 5) is 0. The first-order chi connectivity index (χ1) is 9.27. The van der Waals surface area contributed by atoms with Crippen molar-refractivity contribution in [3.63, 3.8) is 0 Å². The lowest BCUT2D eigenvalue weighted by Gasteiger charge is -2.32. The number of rotatable bonds is 6. The third-order valence-electron chi connectivity index (χ3n) is 3.50. The van der Waals surface area contributed by atoms with Gasteiger partial charge in [-0.15, -0.1) is 0 Å². The zero-order valence-corrected chi connectivity index (χ0v) is 15.0. The molecule has 0 fully saturated rings. The van der Waals surface area contributed by atoms with Gasteiger partial charge in [0.1, 0.15) is 5.82 Å². The van der Waals surface area contributed by atoms with E-state index in [4.69, 9.17) is 11.6 Å². The van der Waals surface area contributed by atoms with Crippen molar-refractivity contribution in [2.24, 2.45) is 5.41 Å². The molecule has 0 aliphatic heterocycles. The van der Waals surface area contributed by atoms with Crippen molar-refractivity contribution in [1.82, 2.24) is 5.32 Å². The molecule has 1 aromatic carbocycles. The summed E-state index contributed by atoms with van der Waals surface area (Å²) in [5.74, 6) is -0.302. The van der Waals surface area contributed by atoms with E-state index in [2.05, 4.69) is 48.9 Å². The molecule has 1 unspecified atom stereocenters. The Labute approximate surface area is 135 Å². The van der Waals surface area contributed by atoms with Gasteiger partial charge in [0, 0.05) is 10.5 Å². The van der Waals surface area contributed by atoms with Gasteiger partial charge in [-0.3, -0.25) is 0 Å². The van der Waals surface area contributed by atoms with Gasteiger partial charge in [-0.25, -0.2) is 4.39 Å². The van der Waals surface area contributed by atoms with E-state index in [9.17, 15) is 4.39 Å². The lowest BCUT2D eigenvalue weighted by Crippen LogP contribution is -2.41. The molecule has 0 amide bonds. The highest BCUT2D eigenvalue weighted by Crippen LogP contribution is 2.29. The Bertz CT molecular complexity index is 443. The number of halogens is 3. The molecule has 0 heterocycles. The van der Waals surface area contributed by atoms with Crippen LogP contribution in [-0.2, 0) is 6.42 Å². The van der Waals surface area contributed by atoms with Crippen molar-refractivity contribution in [1.29, 1.82) is 0 Å². The Kier molecular flexibility index (Phi) is 6.96. The lowest BCUT2D eigenvalue weighted by molar-refractivity contribution is 0.255. The van der Waals surface area contributed by atoms with Crippen LogP contribution >= 0.6 is 27.5 Å². The van der Waals surface area contributed by atoms with E-state index in [0.29, 0.717) is 22.5 Å². The molecule has 0 spiro atoms. The van der Waals surface area contributed by atoms with Gasteiger partial charge in [0.05, 0.1) is 5.02 Å². The van der Waals surface area contributed by atoms with E-state index in [1.54, 1.807) is 0 Å². The molecule has 0 bridgehead atoms. The van der Waals surface area contributed by atoms with Crippen LogP contribution in [0.4, 0.5) is 4.39 Å². The summed E-state index contributed by atoms with van der Waals surface area (Å²) >= 11 is 9.18. The molecule has 1 atom stereocenters. The number of hydrogen-bond acceptors (Lipinski definition) is 1. The van der Waals surface area contributed by atoms with Crippen LogP contribution in [0.1, 0.15) is 46.1 Å². The topological polar surface area (TPSA) is 12.0 Å². The molecule has 0 saturated heterocycles. The van der Waals surface area contributed by atoms with Crippen LogP contribution < -0.4 is 5.32 Å². The van der Waals surface area contributed by atoms with E-state index in [1.807, 2.05) is 12.1 Å². The van der Waals surface area contributed by atoms with Gasteiger partial charge in [-0.2, -0.15) is 0 Å². The first kappa shape index (κ1) is 17.9. The van der Waals surface area contributed by atoms with Crippen molar-refractivity contribution in [3.05, 3.63) is 33.0 Å². The van der Waals surface area contributed by atoms with Gasteiger partial charge in [-0.1, -0.05) is 45.4 Å². The standard InChI is InChI=1S/C16H24BrClFN/c1-5-10-20-13(16(2,3)4)9-7-11-6-8-12(17)14(18)15(11)19/h6,8,13,20H,5,7,9-10H2,1-4H3.